The minimum absolute atomic E-state index is 0.0356. The van der Waals surface area contributed by atoms with Crippen LogP contribution in [-0.2, 0) is 0 Å². The number of nitrogens with zero attached hydrogens (tertiary/aromatic N) is 1. The predicted octanol–water partition coefficient (Wildman–Crippen LogP) is 2.18. The monoisotopic (exact) mass is 236 g/mol. The van der Waals surface area contributed by atoms with Crippen LogP contribution in [-0.4, -0.2) is 23.9 Å². The molecular weight excluding hydrogens is 219 g/mol. The molecular formula is C13H17FN2O. The first-order chi connectivity index (χ1) is 8.18. The molecule has 0 atom stereocenters. The third kappa shape index (κ3) is 2.36. The van der Waals surface area contributed by atoms with E-state index in [1.807, 2.05) is 6.92 Å². The molecule has 17 heavy (non-hydrogen) atoms. The van der Waals surface area contributed by atoms with Crippen molar-refractivity contribution in [2.45, 2.75) is 26.2 Å². The summed E-state index contributed by atoms with van der Waals surface area (Å²) in [5.41, 5.74) is 0.0644. The van der Waals surface area contributed by atoms with Crippen LogP contribution in [0, 0.1) is 11.2 Å². The molecule has 1 aliphatic rings. The average Bonchev–Trinajstić information content (AvgIpc) is 2.38. The van der Waals surface area contributed by atoms with Gasteiger partial charge in [0.1, 0.15) is 5.82 Å². The maximum atomic E-state index is 13.1. The Morgan fingerprint density at radius 2 is 2.18 bits per heavy atom. The van der Waals surface area contributed by atoms with Gasteiger partial charge in [0.2, 0.25) is 0 Å². The first-order valence-corrected chi connectivity index (χ1v) is 6.04. The number of Topliss-reactive ketones (excluding diaryl/α,β-unsaturated/α-hetero) is 1. The minimum Gasteiger partial charge on any atom is -0.317 e. The van der Waals surface area contributed by atoms with Gasteiger partial charge in [0.15, 0.2) is 5.78 Å². The molecule has 1 aliphatic heterocycles. The molecule has 1 aromatic rings. The number of piperidine rings is 1. The number of ketones is 1. The number of rotatable bonds is 3. The fourth-order valence-corrected chi connectivity index (χ4v) is 2.49. The highest BCUT2D eigenvalue weighted by atomic mass is 19.1. The molecule has 0 unspecified atom stereocenters. The van der Waals surface area contributed by atoms with Crippen molar-refractivity contribution < 1.29 is 9.18 Å². The standard InChI is InChI=1S/C13H17FN2O/c1-2-13(3-5-15-6-4-13)12(17)10-7-11(14)9-16-8-10/h7-9,15H,2-6H2,1H3. The van der Waals surface area contributed by atoms with E-state index >= 15 is 0 Å². The van der Waals surface area contributed by atoms with Gasteiger partial charge in [-0.1, -0.05) is 6.92 Å². The first-order valence-electron chi connectivity index (χ1n) is 6.04. The summed E-state index contributed by atoms with van der Waals surface area (Å²) in [7, 11) is 0. The van der Waals surface area contributed by atoms with Gasteiger partial charge in [0, 0.05) is 17.2 Å². The number of halogens is 1. The molecule has 0 amide bonds. The summed E-state index contributed by atoms with van der Waals surface area (Å²) >= 11 is 0. The van der Waals surface area contributed by atoms with Crippen molar-refractivity contribution in [1.82, 2.24) is 10.3 Å². The van der Waals surface area contributed by atoms with Crippen molar-refractivity contribution in [3.8, 4) is 0 Å². The van der Waals surface area contributed by atoms with E-state index in [1.54, 1.807) is 0 Å². The van der Waals surface area contributed by atoms with Gasteiger partial charge in [-0.15, -0.1) is 0 Å². The van der Waals surface area contributed by atoms with E-state index in [0.29, 0.717) is 5.56 Å². The van der Waals surface area contributed by atoms with E-state index in [9.17, 15) is 9.18 Å². The Morgan fingerprint density at radius 3 is 2.76 bits per heavy atom. The van der Waals surface area contributed by atoms with Crippen molar-refractivity contribution in [3.63, 3.8) is 0 Å². The van der Waals surface area contributed by atoms with E-state index in [0.717, 1.165) is 38.5 Å². The smallest absolute Gasteiger partial charge is 0.170 e. The van der Waals surface area contributed by atoms with Gasteiger partial charge >= 0.3 is 0 Å². The third-order valence-corrected chi connectivity index (χ3v) is 3.69. The second-order valence-corrected chi connectivity index (χ2v) is 4.60. The van der Waals surface area contributed by atoms with Crippen molar-refractivity contribution in [2.24, 2.45) is 5.41 Å². The van der Waals surface area contributed by atoms with E-state index in [4.69, 9.17) is 0 Å². The molecule has 1 fully saturated rings. The molecule has 1 aromatic heterocycles. The Balaban J connectivity index is 2.28. The average molecular weight is 236 g/mol. The van der Waals surface area contributed by atoms with Crippen LogP contribution in [0.2, 0.25) is 0 Å². The van der Waals surface area contributed by atoms with Gasteiger partial charge in [-0.25, -0.2) is 4.39 Å². The van der Waals surface area contributed by atoms with Gasteiger partial charge in [-0.05, 0) is 38.4 Å². The van der Waals surface area contributed by atoms with Crippen molar-refractivity contribution >= 4 is 5.78 Å². The molecule has 1 N–H and O–H groups in total. The number of hydrogen-bond donors (Lipinski definition) is 1. The summed E-state index contributed by atoms with van der Waals surface area (Å²) in [5.74, 6) is -0.412. The van der Waals surface area contributed by atoms with Gasteiger partial charge in [0.05, 0.1) is 6.20 Å². The van der Waals surface area contributed by atoms with Gasteiger partial charge < -0.3 is 5.32 Å². The number of carbonyl (C=O) groups is 1. The molecule has 3 nitrogen and oxygen atoms in total. The lowest BCUT2D eigenvalue weighted by Gasteiger charge is -2.35. The lowest BCUT2D eigenvalue weighted by molar-refractivity contribution is 0.0716. The summed E-state index contributed by atoms with van der Waals surface area (Å²) in [4.78, 5) is 16.2. The van der Waals surface area contributed by atoms with E-state index < -0.39 is 5.82 Å². The molecule has 4 heteroatoms. The molecule has 0 aliphatic carbocycles. The molecule has 2 heterocycles. The topological polar surface area (TPSA) is 42.0 Å². The van der Waals surface area contributed by atoms with Crippen LogP contribution in [0.5, 0.6) is 0 Å². The Labute approximate surface area is 100 Å². The zero-order chi connectivity index (χ0) is 12.3. The summed E-state index contributed by atoms with van der Waals surface area (Å²) in [6.07, 6.45) is 5.02. The summed E-state index contributed by atoms with van der Waals surface area (Å²) in [5, 5.41) is 3.25. The highest BCUT2D eigenvalue weighted by molar-refractivity contribution is 6.00. The zero-order valence-corrected chi connectivity index (χ0v) is 10.0. The van der Waals surface area contributed by atoms with E-state index in [1.165, 1.54) is 12.3 Å². The Morgan fingerprint density at radius 1 is 1.47 bits per heavy atom. The minimum atomic E-state index is -0.448. The summed E-state index contributed by atoms with van der Waals surface area (Å²) < 4.78 is 13.1. The second kappa shape index (κ2) is 4.92. The van der Waals surface area contributed by atoms with Crippen LogP contribution in [0.3, 0.4) is 0 Å². The fraction of sp³-hybridized carbons (Fsp3) is 0.538. The van der Waals surface area contributed by atoms with E-state index in [2.05, 4.69) is 10.3 Å². The lowest BCUT2D eigenvalue weighted by Crippen LogP contribution is -2.41. The Bertz CT molecular complexity index is 414. The predicted molar refractivity (Wildman–Crippen MR) is 63.4 cm³/mol. The van der Waals surface area contributed by atoms with Crippen LogP contribution >= 0.6 is 0 Å². The number of aromatic nitrogens is 1. The molecule has 0 spiro atoms. The largest absolute Gasteiger partial charge is 0.317 e. The number of pyridine rings is 1. The van der Waals surface area contributed by atoms with Crippen LogP contribution in [0.4, 0.5) is 4.39 Å². The highest BCUT2D eigenvalue weighted by Gasteiger charge is 2.38. The summed E-state index contributed by atoms with van der Waals surface area (Å²) in [6, 6.07) is 1.29. The van der Waals surface area contributed by atoms with Crippen LogP contribution < -0.4 is 5.32 Å². The van der Waals surface area contributed by atoms with Crippen LogP contribution in [0.1, 0.15) is 36.5 Å². The lowest BCUT2D eigenvalue weighted by atomic mass is 9.71. The Kier molecular flexibility index (Phi) is 3.52. The zero-order valence-electron chi connectivity index (χ0n) is 10.0. The maximum absolute atomic E-state index is 13.1. The van der Waals surface area contributed by atoms with Gasteiger partial charge in [0.25, 0.3) is 0 Å². The van der Waals surface area contributed by atoms with Crippen LogP contribution in [0.25, 0.3) is 0 Å². The first kappa shape index (κ1) is 12.2. The molecule has 92 valence electrons. The Hall–Kier alpha value is -1.29. The normalized spacial score (nSPS) is 18.9. The van der Waals surface area contributed by atoms with Gasteiger partial charge in [-0.2, -0.15) is 0 Å². The van der Waals surface area contributed by atoms with Crippen molar-refractivity contribution in [3.05, 3.63) is 29.8 Å². The fourth-order valence-electron chi connectivity index (χ4n) is 2.49. The molecule has 2 rings (SSSR count). The molecule has 0 radical (unpaired) electrons. The summed E-state index contributed by atoms with van der Waals surface area (Å²) in [6.45, 7) is 3.72. The van der Waals surface area contributed by atoms with Gasteiger partial charge in [-0.3, -0.25) is 9.78 Å². The number of hydrogen-bond acceptors (Lipinski definition) is 3. The number of carbonyl (C=O) groups excluding carboxylic acids is 1. The van der Waals surface area contributed by atoms with Crippen molar-refractivity contribution in [2.75, 3.05) is 13.1 Å². The molecule has 0 saturated carbocycles. The quantitative estimate of drug-likeness (QED) is 0.818. The SMILES string of the molecule is CCC1(C(=O)c2cncc(F)c2)CCNCC1. The highest BCUT2D eigenvalue weighted by Crippen LogP contribution is 2.36. The van der Waals surface area contributed by atoms with Crippen LogP contribution in [0.15, 0.2) is 18.5 Å². The molecule has 1 saturated heterocycles. The maximum Gasteiger partial charge on any atom is 0.170 e. The number of nitrogens with one attached hydrogen (secondary N) is 1. The second-order valence-electron chi connectivity index (χ2n) is 4.60. The van der Waals surface area contributed by atoms with Crippen molar-refractivity contribution in [1.29, 1.82) is 0 Å². The van der Waals surface area contributed by atoms with E-state index in [-0.39, 0.29) is 11.2 Å². The molecule has 0 aromatic carbocycles. The molecule has 0 bridgehead atoms. The third-order valence-electron chi connectivity index (χ3n) is 3.69.